The lowest BCUT2D eigenvalue weighted by molar-refractivity contribution is -0.141. The minimum absolute atomic E-state index is 0.197. The van der Waals surface area contributed by atoms with Crippen LogP contribution in [0.1, 0.15) is 26.7 Å². The standard InChI is InChI=1S/C8H15O2/c1-7(2)5-4-6-10-8(3)9/h7H,1,4-6H2,2-3H3. The first kappa shape index (κ1) is 9.47. The molecule has 1 unspecified atom stereocenters. The topological polar surface area (TPSA) is 26.3 Å². The van der Waals surface area contributed by atoms with E-state index in [1.54, 1.807) is 0 Å². The van der Waals surface area contributed by atoms with Gasteiger partial charge in [0.15, 0.2) is 0 Å². The minimum atomic E-state index is -0.197. The summed E-state index contributed by atoms with van der Waals surface area (Å²) in [7, 11) is 0. The fraction of sp³-hybridized carbons (Fsp3) is 0.750. The highest BCUT2D eigenvalue weighted by molar-refractivity contribution is 5.65. The first-order valence-corrected chi connectivity index (χ1v) is 3.59. The fourth-order valence-electron chi connectivity index (χ4n) is 0.648. The Balaban J connectivity index is 2.98. The van der Waals surface area contributed by atoms with Crippen LogP contribution in [-0.2, 0) is 9.53 Å². The van der Waals surface area contributed by atoms with Gasteiger partial charge >= 0.3 is 5.97 Å². The lowest BCUT2D eigenvalue weighted by Crippen LogP contribution is -2.01. The predicted molar refractivity (Wildman–Crippen MR) is 40.4 cm³/mol. The SMILES string of the molecule is [CH2]C(C)CCCOC(C)=O. The molecule has 0 heterocycles. The smallest absolute Gasteiger partial charge is 0.302 e. The Morgan fingerprint density at radius 2 is 2.30 bits per heavy atom. The quantitative estimate of drug-likeness (QED) is 0.443. The molecule has 0 aromatic carbocycles. The molecule has 0 aromatic heterocycles. The van der Waals surface area contributed by atoms with Crippen LogP contribution in [0.2, 0.25) is 0 Å². The molecule has 1 radical (unpaired) electrons. The van der Waals surface area contributed by atoms with Crippen LogP contribution < -0.4 is 0 Å². The molecule has 0 rings (SSSR count). The van der Waals surface area contributed by atoms with Crippen LogP contribution in [0.15, 0.2) is 0 Å². The van der Waals surface area contributed by atoms with E-state index in [2.05, 4.69) is 6.92 Å². The molecule has 1 atom stereocenters. The van der Waals surface area contributed by atoms with Crippen molar-refractivity contribution in [1.29, 1.82) is 0 Å². The van der Waals surface area contributed by atoms with E-state index in [1.165, 1.54) is 6.92 Å². The van der Waals surface area contributed by atoms with E-state index >= 15 is 0 Å². The van der Waals surface area contributed by atoms with Gasteiger partial charge in [0.2, 0.25) is 0 Å². The Hall–Kier alpha value is -0.530. The van der Waals surface area contributed by atoms with E-state index in [4.69, 9.17) is 4.74 Å². The number of rotatable bonds is 4. The lowest BCUT2D eigenvalue weighted by Gasteiger charge is -2.03. The molecule has 0 saturated carbocycles. The fourth-order valence-corrected chi connectivity index (χ4v) is 0.648. The van der Waals surface area contributed by atoms with E-state index in [0.717, 1.165) is 12.8 Å². The van der Waals surface area contributed by atoms with Crippen LogP contribution in [0.5, 0.6) is 0 Å². The number of carbonyl (C=O) groups is 1. The second-order valence-corrected chi connectivity index (χ2v) is 2.59. The molecule has 0 bridgehead atoms. The molecule has 0 spiro atoms. The predicted octanol–water partition coefficient (Wildman–Crippen LogP) is 1.80. The van der Waals surface area contributed by atoms with Gasteiger partial charge in [-0.15, -0.1) is 0 Å². The molecule has 0 N–H and O–H groups in total. The van der Waals surface area contributed by atoms with E-state index in [-0.39, 0.29) is 5.97 Å². The Labute approximate surface area is 62.6 Å². The Morgan fingerprint density at radius 3 is 2.70 bits per heavy atom. The highest BCUT2D eigenvalue weighted by Crippen LogP contribution is 2.02. The van der Waals surface area contributed by atoms with Gasteiger partial charge in [0.25, 0.3) is 0 Å². The summed E-state index contributed by atoms with van der Waals surface area (Å²) >= 11 is 0. The van der Waals surface area contributed by atoms with Gasteiger partial charge in [0.05, 0.1) is 6.61 Å². The second kappa shape index (κ2) is 5.27. The van der Waals surface area contributed by atoms with Crippen LogP contribution in [0.3, 0.4) is 0 Å². The summed E-state index contributed by atoms with van der Waals surface area (Å²) in [6, 6.07) is 0. The lowest BCUT2D eigenvalue weighted by atomic mass is 10.1. The van der Waals surface area contributed by atoms with Crippen molar-refractivity contribution in [2.75, 3.05) is 6.61 Å². The highest BCUT2D eigenvalue weighted by Gasteiger charge is 1.95. The van der Waals surface area contributed by atoms with Crippen LogP contribution in [0, 0.1) is 12.8 Å². The summed E-state index contributed by atoms with van der Waals surface area (Å²) in [5, 5.41) is 0. The van der Waals surface area contributed by atoms with Gasteiger partial charge in [-0.05, 0) is 18.8 Å². The summed E-state index contributed by atoms with van der Waals surface area (Å²) < 4.78 is 4.73. The molecule has 2 nitrogen and oxygen atoms in total. The van der Waals surface area contributed by atoms with Gasteiger partial charge in [-0.1, -0.05) is 13.8 Å². The van der Waals surface area contributed by atoms with Crippen LogP contribution in [-0.4, -0.2) is 12.6 Å². The van der Waals surface area contributed by atoms with E-state index < -0.39 is 0 Å². The van der Waals surface area contributed by atoms with Crippen LogP contribution in [0.4, 0.5) is 0 Å². The molecular formula is C8H15O2. The molecule has 0 aliphatic carbocycles. The average molecular weight is 143 g/mol. The second-order valence-electron chi connectivity index (χ2n) is 2.59. The number of carbonyl (C=O) groups excluding carboxylic acids is 1. The molecule has 0 aromatic rings. The Kier molecular flexibility index (Phi) is 4.99. The summed E-state index contributed by atoms with van der Waals surface area (Å²) in [5.74, 6) is 0.257. The van der Waals surface area contributed by atoms with Gasteiger partial charge in [0, 0.05) is 6.92 Å². The minimum Gasteiger partial charge on any atom is -0.466 e. The Bertz CT molecular complexity index is 97.4. The van der Waals surface area contributed by atoms with Crippen molar-refractivity contribution in [3.63, 3.8) is 0 Å². The molecule has 0 aliphatic rings. The molecule has 59 valence electrons. The van der Waals surface area contributed by atoms with Crippen molar-refractivity contribution in [3.8, 4) is 0 Å². The van der Waals surface area contributed by atoms with Gasteiger partial charge in [-0.25, -0.2) is 0 Å². The first-order valence-electron chi connectivity index (χ1n) is 3.59. The summed E-state index contributed by atoms with van der Waals surface area (Å²) in [6.45, 7) is 7.83. The average Bonchev–Trinajstić information content (AvgIpc) is 1.79. The third-order valence-electron chi connectivity index (χ3n) is 1.15. The van der Waals surface area contributed by atoms with Gasteiger partial charge < -0.3 is 4.74 Å². The monoisotopic (exact) mass is 143 g/mol. The molecule has 0 aliphatic heterocycles. The van der Waals surface area contributed by atoms with Gasteiger partial charge in [-0.3, -0.25) is 4.79 Å². The zero-order valence-electron chi connectivity index (χ0n) is 6.72. The summed E-state index contributed by atoms with van der Waals surface area (Å²) in [5.41, 5.74) is 0. The van der Waals surface area contributed by atoms with Crippen molar-refractivity contribution in [2.24, 2.45) is 5.92 Å². The molecule has 2 heteroatoms. The highest BCUT2D eigenvalue weighted by atomic mass is 16.5. The maximum atomic E-state index is 10.3. The maximum absolute atomic E-state index is 10.3. The zero-order chi connectivity index (χ0) is 7.98. The maximum Gasteiger partial charge on any atom is 0.302 e. The molecule has 0 fully saturated rings. The van der Waals surface area contributed by atoms with Gasteiger partial charge in [-0.2, -0.15) is 0 Å². The molecule has 0 amide bonds. The van der Waals surface area contributed by atoms with E-state index in [0.29, 0.717) is 12.5 Å². The van der Waals surface area contributed by atoms with Crippen LogP contribution >= 0.6 is 0 Å². The third kappa shape index (κ3) is 7.47. The number of ether oxygens (including phenoxy) is 1. The largest absolute Gasteiger partial charge is 0.466 e. The molecule has 10 heavy (non-hydrogen) atoms. The molecule has 0 saturated heterocycles. The third-order valence-corrected chi connectivity index (χ3v) is 1.15. The van der Waals surface area contributed by atoms with Crippen molar-refractivity contribution in [2.45, 2.75) is 26.7 Å². The molecular weight excluding hydrogens is 128 g/mol. The van der Waals surface area contributed by atoms with Crippen molar-refractivity contribution in [1.82, 2.24) is 0 Å². The number of hydrogen-bond donors (Lipinski definition) is 0. The van der Waals surface area contributed by atoms with E-state index in [9.17, 15) is 4.79 Å². The summed E-state index contributed by atoms with van der Waals surface area (Å²) in [4.78, 5) is 10.3. The normalized spacial score (nSPS) is 10.0. The van der Waals surface area contributed by atoms with Crippen molar-refractivity contribution in [3.05, 3.63) is 6.92 Å². The number of esters is 1. The zero-order valence-corrected chi connectivity index (χ0v) is 6.72. The van der Waals surface area contributed by atoms with E-state index in [1.807, 2.05) is 6.92 Å². The van der Waals surface area contributed by atoms with Crippen molar-refractivity contribution >= 4 is 5.97 Å². The number of hydrogen-bond acceptors (Lipinski definition) is 2. The van der Waals surface area contributed by atoms with Gasteiger partial charge in [0.1, 0.15) is 0 Å². The summed E-state index contributed by atoms with van der Waals surface area (Å²) in [6.07, 6.45) is 1.94. The van der Waals surface area contributed by atoms with Crippen LogP contribution in [0.25, 0.3) is 0 Å². The van der Waals surface area contributed by atoms with Crippen molar-refractivity contribution < 1.29 is 9.53 Å². The Morgan fingerprint density at radius 1 is 1.70 bits per heavy atom. The first-order chi connectivity index (χ1) is 4.63.